The highest BCUT2D eigenvalue weighted by Crippen LogP contribution is 2.03. The van der Waals surface area contributed by atoms with Gasteiger partial charge in [0.1, 0.15) is 5.69 Å². The van der Waals surface area contributed by atoms with Crippen molar-refractivity contribution >= 4 is 5.91 Å². The van der Waals surface area contributed by atoms with E-state index < -0.39 is 0 Å². The standard InChI is InChI=1S/C13H22N4O2/c1-9(2)17(10(3)4)6-5-15-13(19)11-7-14-8-12(18)16-11/h7-10H,5-6H2,1-4H3,(H,15,19)(H,16,18). The summed E-state index contributed by atoms with van der Waals surface area (Å²) in [4.78, 5) is 31.2. The summed E-state index contributed by atoms with van der Waals surface area (Å²) in [5.41, 5.74) is -0.188. The van der Waals surface area contributed by atoms with Crippen LogP contribution >= 0.6 is 0 Å². The molecule has 0 unspecified atom stereocenters. The van der Waals surface area contributed by atoms with Gasteiger partial charge in [0.05, 0.1) is 12.4 Å². The number of carbonyl (C=O) groups excluding carboxylic acids is 1. The topological polar surface area (TPSA) is 78.1 Å². The Balaban J connectivity index is 2.49. The number of H-pyrrole nitrogens is 1. The Hall–Kier alpha value is -1.69. The molecule has 106 valence electrons. The quantitative estimate of drug-likeness (QED) is 0.791. The number of nitrogens with zero attached hydrogens (tertiary/aromatic N) is 2. The number of hydrogen-bond donors (Lipinski definition) is 2. The molecule has 0 spiro atoms. The van der Waals surface area contributed by atoms with Crippen molar-refractivity contribution in [1.82, 2.24) is 20.2 Å². The van der Waals surface area contributed by atoms with Gasteiger partial charge in [-0.25, -0.2) is 0 Å². The van der Waals surface area contributed by atoms with Crippen molar-refractivity contribution in [3.05, 3.63) is 28.4 Å². The van der Waals surface area contributed by atoms with Gasteiger partial charge < -0.3 is 10.3 Å². The summed E-state index contributed by atoms with van der Waals surface area (Å²) in [5.74, 6) is -0.308. The average Bonchev–Trinajstić information content (AvgIpc) is 2.33. The fourth-order valence-electron chi connectivity index (χ4n) is 2.00. The lowest BCUT2D eigenvalue weighted by molar-refractivity contribution is 0.0933. The summed E-state index contributed by atoms with van der Waals surface area (Å²) in [6.07, 6.45) is 2.48. The van der Waals surface area contributed by atoms with Crippen LogP contribution < -0.4 is 10.9 Å². The van der Waals surface area contributed by atoms with Crippen molar-refractivity contribution in [1.29, 1.82) is 0 Å². The summed E-state index contributed by atoms with van der Waals surface area (Å²) in [6.45, 7) is 9.80. The van der Waals surface area contributed by atoms with Gasteiger partial charge in [-0.15, -0.1) is 0 Å². The molecule has 0 aromatic carbocycles. The summed E-state index contributed by atoms with van der Waals surface area (Å²) in [5, 5.41) is 2.78. The third-order valence-corrected chi connectivity index (χ3v) is 2.88. The van der Waals surface area contributed by atoms with Crippen molar-refractivity contribution in [3.63, 3.8) is 0 Å². The first kappa shape index (κ1) is 15.4. The second kappa shape index (κ2) is 7.04. The second-order valence-electron chi connectivity index (χ2n) is 4.99. The average molecular weight is 266 g/mol. The largest absolute Gasteiger partial charge is 0.349 e. The van der Waals surface area contributed by atoms with E-state index in [2.05, 4.69) is 47.9 Å². The van der Waals surface area contributed by atoms with Crippen LogP contribution in [0.5, 0.6) is 0 Å². The number of nitrogens with one attached hydrogen (secondary N) is 2. The number of amides is 1. The predicted molar refractivity (Wildman–Crippen MR) is 74.2 cm³/mol. The third-order valence-electron chi connectivity index (χ3n) is 2.88. The number of aromatic nitrogens is 2. The van der Waals surface area contributed by atoms with E-state index in [1.54, 1.807) is 0 Å². The minimum Gasteiger partial charge on any atom is -0.349 e. The summed E-state index contributed by atoms with van der Waals surface area (Å²) >= 11 is 0. The maximum absolute atomic E-state index is 11.8. The molecule has 1 aromatic heterocycles. The minimum absolute atomic E-state index is 0.188. The Morgan fingerprint density at radius 2 is 1.95 bits per heavy atom. The van der Waals surface area contributed by atoms with E-state index in [0.717, 1.165) is 12.7 Å². The number of aromatic amines is 1. The molecule has 1 amide bonds. The van der Waals surface area contributed by atoms with Crippen LogP contribution in [0, 0.1) is 0 Å². The fourth-order valence-corrected chi connectivity index (χ4v) is 2.00. The van der Waals surface area contributed by atoms with Crippen molar-refractivity contribution in [3.8, 4) is 0 Å². The van der Waals surface area contributed by atoms with Crippen LogP contribution in [0.2, 0.25) is 0 Å². The lowest BCUT2D eigenvalue weighted by Crippen LogP contribution is -2.42. The molecular weight excluding hydrogens is 244 g/mol. The Kier molecular flexibility index (Phi) is 5.69. The third kappa shape index (κ3) is 4.82. The minimum atomic E-state index is -0.376. The first-order valence-electron chi connectivity index (χ1n) is 6.50. The molecular formula is C13H22N4O2. The summed E-state index contributed by atoms with van der Waals surface area (Å²) in [6, 6.07) is 0.852. The molecule has 0 aliphatic rings. The normalized spacial score (nSPS) is 11.3. The van der Waals surface area contributed by atoms with E-state index in [0.29, 0.717) is 18.6 Å². The van der Waals surface area contributed by atoms with Crippen LogP contribution in [-0.2, 0) is 0 Å². The molecule has 1 aromatic rings. The smallest absolute Gasteiger partial charge is 0.269 e. The molecule has 6 heteroatoms. The number of hydrogen-bond acceptors (Lipinski definition) is 4. The lowest BCUT2D eigenvalue weighted by atomic mass is 10.2. The Morgan fingerprint density at radius 3 is 2.47 bits per heavy atom. The Labute approximate surface area is 113 Å². The van der Waals surface area contributed by atoms with Crippen LogP contribution in [0.3, 0.4) is 0 Å². The molecule has 2 N–H and O–H groups in total. The van der Waals surface area contributed by atoms with E-state index in [9.17, 15) is 9.59 Å². The maximum Gasteiger partial charge on any atom is 0.269 e. The van der Waals surface area contributed by atoms with E-state index in [-0.39, 0.29) is 17.2 Å². The molecule has 0 saturated heterocycles. The van der Waals surface area contributed by atoms with E-state index >= 15 is 0 Å². The molecule has 6 nitrogen and oxygen atoms in total. The molecule has 1 rings (SSSR count). The Morgan fingerprint density at radius 1 is 1.32 bits per heavy atom. The molecule has 0 saturated carbocycles. The van der Waals surface area contributed by atoms with Gasteiger partial charge in [-0.1, -0.05) is 0 Å². The zero-order valence-corrected chi connectivity index (χ0v) is 11.9. The first-order chi connectivity index (χ1) is 8.91. The van der Waals surface area contributed by atoms with Gasteiger partial charge in [-0.3, -0.25) is 19.5 Å². The van der Waals surface area contributed by atoms with Gasteiger partial charge in [0.25, 0.3) is 11.5 Å². The highest BCUT2D eigenvalue weighted by atomic mass is 16.2. The Bertz CT molecular complexity index is 460. The van der Waals surface area contributed by atoms with E-state index in [4.69, 9.17) is 0 Å². The summed E-state index contributed by atoms with van der Waals surface area (Å²) < 4.78 is 0. The van der Waals surface area contributed by atoms with Crippen LogP contribution in [-0.4, -0.2) is 45.9 Å². The zero-order valence-electron chi connectivity index (χ0n) is 11.9. The summed E-state index contributed by atoms with van der Waals surface area (Å²) in [7, 11) is 0. The molecule has 0 aliphatic heterocycles. The monoisotopic (exact) mass is 266 g/mol. The molecule has 0 atom stereocenters. The lowest BCUT2D eigenvalue weighted by Gasteiger charge is -2.30. The molecule has 0 bridgehead atoms. The van der Waals surface area contributed by atoms with E-state index in [1.165, 1.54) is 6.20 Å². The van der Waals surface area contributed by atoms with Crippen molar-refractivity contribution < 1.29 is 4.79 Å². The van der Waals surface area contributed by atoms with Crippen LogP contribution in [0.4, 0.5) is 0 Å². The van der Waals surface area contributed by atoms with Gasteiger partial charge in [0, 0.05) is 25.2 Å². The van der Waals surface area contributed by atoms with Gasteiger partial charge in [-0.2, -0.15) is 0 Å². The van der Waals surface area contributed by atoms with Crippen molar-refractivity contribution in [2.24, 2.45) is 0 Å². The molecule has 0 fully saturated rings. The first-order valence-corrected chi connectivity index (χ1v) is 6.50. The molecule has 19 heavy (non-hydrogen) atoms. The van der Waals surface area contributed by atoms with Crippen molar-refractivity contribution in [2.45, 2.75) is 39.8 Å². The van der Waals surface area contributed by atoms with Gasteiger partial charge >= 0.3 is 0 Å². The van der Waals surface area contributed by atoms with Crippen molar-refractivity contribution in [2.75, 3.05) is 13.1 Å². The number of rotatable bonds is 6. The molecule has 0 aliphatic carbocycles. The maximum atomic E-state index is 11.8. The SMILES string of the molecule is CC(C)N(CCNC(=O)c1cncc(=O)[nH]1)C(C)C. The highest BCUT2D eigenvalue weighted by molar-refractivity contribution is 5.91. The van der Waals surface area contributed by atoms with E-state index in [1.807, 2.05) is 0 Å². The predicted octanol–water partition coefficient (Wildman–Crippen LogP) is 0.618. The van der Waals surface area contributed by atoms with Gasteiger partial charge in [0.15, 0.2) is 0 Å². The fraction of sp³-hybridized carbons (Fsp3) is 0.615. The molecule has 0 radical (unpaired) electrons. The van der Waals surface area contributed by atoms with Gasteiger partial charge in [-0.05, 0) is 27.7 Å². The zero-order chi connectivity index (χ0) is 14.4. The molecule has 1 heterocycles. The van der Waals surface area contributed by atoms with Gasteiger partial charge in [0.2, 0.25) is 0 Å². The highest BCUT2D eigenvalue weighted by Gasteiger charge is 2.13. The van der Waals surface area contributed by atoms with Crippen LogP contribution in [0.15, 0.2) is 17.2 Å². The second-order valence-corrected chi connectivity index (χ2v) is 4.99. The number of carbonyl (C=O) groups is 1. The van der Waals surface area contributed by atoms with Crippen LogP contribution in [0.1, 0.15) is 38.2 Å². The van der Waals surface area contributed by atoms with Crippen LogP contribution in [0.25, 0.3) is 0 Å².